The first-order valence-corrected chi connectivity index (χ1v) is 4.89. The van der Waals surface area contributed by atoms with Crippen LogP contribution in [0.2, 0.25) is 0 Å². The van der Waals surface area contributed by atoms with E-state index in [0.717, 1.165) is 24.8 Å². The number of aromatic nitrogens is 1. The van der Waals surface area contributed by atoms with Crippen LogP contribution in [0.3, 0.4) is 0 Å². The van der Waals surface area contributed by atoms with Crippen LogP contribution in [0, 0.1) is 5.82 Å². The Balaban J connectivity index is 2.45. The van der Waals surface area contributed by atoms with E-state index >= 15 is 0 Å². The minimum absolute atomic E-state index is 0.184. The van der Waals surface area contributed by atoms with Crippen LogP contribution in [0.15, 0.2) is 18.5 Å². The van der Waals surface area contributed by atoms with Gasteiger partial charge in [0.15, 0.2) is 0 Å². The van der Waals surface area contributed by atoms with Crippen molar-refractivity contribution in [3.63, 3.8) is 0 Å². The molecule has 0 saturated heterocycles. The molecule has 0 aliphatic rings. The molecule has 0 aliphatic heterocycles. The summed E-state index contributed by atoms with van der Waals surface area (Å²) in [5, 5.41) is 0.184. The number of hydrogen-bond acceptors (Lipinski definition) is 1. The van der Waals surface area contributed by atoms with Crippen LogP contribution < -0.4 is 0 Å². The van der Waals surface area contributed by atoms with Gasteiger partial charge in [-0.2, -0.15) is 0 Å². The van der Waals surface area contributed by atoms with Gasteiger partial charge in [0.25, 0.3) is 0 Å². The van der Waals surface area contributed by atoms with Crippen molar-refractivity contribution in [1.82, 2.24) is 4.98 Å². The number of rotatable bonds is 4. The SMILES string of the molecule is CCC(Cl)CCc1cncc(F)c1. The largest absolute Gasteiger partial charge is 0.261 e. The Morgan fingerprint density at radius 1 is 1.54 bits per heavy atom. The summed E-state index contributed by atoms with van der Waals surface area (Å²) in [7, 11) is 0. The number of hydrogen-bond donors (Lipinski definition) is 0. The molecule has 1 heterocycles. The van der Waals surface area contributed by atoms with Crippen LogP contribution >= 0.6 is 11.6 Å². The molecular formula is C10H13ClFN. The van der Waals surface area contributed by atoms with Gasteiger partial charge < -0.3 is 0 Å². The molecule has 1 nitrogen and oxygen atoms in total. The smallest absolute Gasteiger partial charge is 0.141 e. The van der Waals surface area contributed by atoms with Gasteiger partial charge in [-0.3, -0.25) is 4.98 Å². The maximum Gasteiger partial charge on any atom is 0.141 e. The van der Waals surface area contributed by atoms with Gasteiger partial charge in [0.2, 0.25) is 0 Å². The summed E-state index contributed by atoms with van der Waals surface area (Å²) in [5.41, 5.74) is 0.916. The lowest BCUT2D eigenvalue weighted by Crippen LogP contribution is -1.99. The molecule has 1 atom stereocenters. The van der Waals surface area contributed by atoms with E-state index in [1.807, 2.05) is 6.92 Å². The van der Waals surface area contributed by atoms with E-state index in [2.05, 4.69) is 4.98 Å². The molecular weight excluding hydrogens is 189 g/mol. The molecule has 1 aromatic rings. The predicted molar refractivity (Wildman–Crippen MR) is 52.4 cm³/mol. The Morgan fingerprint density at radius 2 is 2.31 bits per heavy atom. The normalized spacial score (nSPS) is 12.8. The maximum absolute atomic E-state index is 12.7. The Bertz CT molecular complexity index is 265. The number of pyridine rings is 1. The summed E-state index contributed by atoms with van der Waals surface area (Å²) < 4.78 is 12.7. The van der Waals surface area contributed by atoms with E-state index in [1.54, 1.807) is 6.20 Å². The molecule has 3 heteroatoms. The first kappa shape index (κ1) is 10.5. The molecule has 0 amide bonds. The molecule has 0 fully saturated rings. The van der Waals surface area contributed by atoms with E-state index in [4.69, 9.17) is 11.6 Å². The highest BCUT2D eigenvalue weighted by Gasteiger charge is 2.02. The molecule has 0 spiro atoms. The third kappa shape index (κ3) is 3.73. The highest BCUT2D eigenvalue weighted by Crippen LogP contribution is 2.11. The summed E-state index contributed by atoms with van der Waals surface area (Å²) >= 11 is 5.94. The standard InChI is InChI=1S/C10H13ClFN/c1-2-9(11)4-3-8-5-10(12)7-13-6-8/h5-7,9H,2-4H2,1H3. The average molecular weight is 202 g/mol. The number of aryl methyl sites for hydroxylation is 1. The van der Waals surface area contributed by atoms with Crippen LogP contribution in [0.5, 0.6) is 0 Å². The van der Waals surface area contributed by atoms with Crippen molar-refractivity contribution in [2.24, 2.45) is 0 Å². The lowest BCUT2D eigenvalue weighted by atomic mass is 10.1. The van der Waals surface area contributed by atoms with E-state index in [9.17, 15) is 4.39 Å². The van der Waals surface area contributed by atoms with Crippen molar-refractivity contribution in [3.05, 3.63) is 29.8 Å². The lowest BCUT2D eigenvalue weighted by Gasteiger charge is -2.05. The van der Waals surface area contributed by atoms with Crippen LogP contribution in [-0.4, -0.2) is 10.4 Å². The molecule has 0 aliphatic carbocycles. The number of alkyl halides is 1. The molecule has 1 rings (SSSR count). The van der Waals surface area contributed by atoms with E-state index in [1.165, 1.54) is 12.3 Å². The fourth-order valence-electron chi connectivity index (χ4n) is 1.12. The second-order valence-corrected chi connectivity index (χ2v) is 3.67. The van der Waals surface area contributed by atoms with Crippen molar-refractivity contribution >= 4 is 11.6 Å². The molecule has 0 aromatic carbocycles. The minimum atomic E-state index is -0.278. The summed E-state index contributed by atoms with van der Waals surface area (Å²) in [6.07, 6.45) is 5.52. The van der Waals surface area contributed by atoms with Crippen molar-refractivity contribution in [1.29, 1.82) is 0 Å². The minimum Gasteiger partial charge on any atom is -0.261 e. The Kier molecular flexibility index (Phi) is 4.16. The predicted octanol–water partition coefficient (Wildman–Crippen LogP) is 3.17. The average Bonchev–Trinajstić information content (AvgIpc) is 2.14. The zero-order valence-corrected chi connectivity index (χ0v) is 8.39. The highest BCUT2D eigenvalue weighted by atomic mass is 35.5. The zero-order valence-electron chi connectivity index (χ0n) is 7.63. The molecule has 1 unspecified atom stereocenters. The van der Waals surface area contributed by atoms with Crippen LogP contribution in [-0.2, 0) is 6.42 Å². The van der Waals surface area contributed by atoms with Crippen molar-refractivity contribution < 1.29 is 4.39 Å². The quantitative estimate of drug-likeness (QED) is 0.682. The maximum atomic E-state index is 12.7. The van der Waals surface area contributed by atoms with Gasteiger partial charge in [-0.15, -0.1) is 11.6 Å². The first-order valence-electron chi connectivity index (χ1n) is 4.46. The lowest BCUT2D eigenvalue weighted by molar-refractivity contribution is 0.616. The van der Waals surface area contributed by atoms with Gasteiger partial charge in [0.1, 0.15) is 5.82 Å². The van der Waals surface area contributed by atoms with Crippen LogP contribution in [0.4, 0.5) is 4.39 Å². The van der Waals surface area contributed by atoms with E-state index in [0.29, 0.717) is 0 Å². The summed E-state index contributed by atoms with van der Waals surface area (Å²) in [6, 6.07) is 1.51. The van der Waals surface area contributed by atoms with Crippen LogP contribution in [0.1, 0.15) is 25.3 Å². The van der Waals surface area contributed by atoms with Crippen molar-refractivity contribution in [2.75, 3.05) is 0 Å². The molecule has 72 valence electrons. The van der Waals surface area contributed by atoms with Gasteiger partial charge in [0, 0.05) is 11.6 Å². The number of nitrogens with zero attached hydrogens (tertiary/aromatic N) is 1. The van der Waals surface area contributed by atoms with Gasteiger partial charge in [0.05, 0.1) is 6.20 Å². The zero-order chi connectivity index (χ0) is 9.68. The van der Waals surface area contributed by atoms with E-state index in [-0.39, 0.29) is 11.2 Å². The third-order valence-electron chi connectivity index (χ3n) is 1.95. The van der Waals surface area contributed by atoms with E-state index < -0.39 is 0 Å². The second-order valence-electron chi connectivity index (χ2n) is 3.06. The molecule has 0 N–H and O–H groups in total. The Morgan fingerprint density at radius 3 is 2.92 bits per heavy atom. The first-order chi connectivity index (χ1) is 6.22. The summed E-state index contributed by atoms with van der Waals surface area (Å²) in [4.78, 5) is 3.77. The van der Waals surface area contributed by atoms with Crippen molar-refractivity contribution in [3.8, 4) is 0 Å². The third-order valence-corrected chi connectivity index (χ3v) is 2.48. The van der Waals surface area contributed by atoms with Crippen molar-refractivity contribution in [2.45, 2.75) is 31.6 Å². The fraction of sp³-hybridized carbons (Fsp3) is 0.500. The topological polar surface area (TPSA) is 12.9 Å². The highest BCUT2D eigenvalue weighted by molar-refractivity contribution is 6.20. The molecule has 1 aromatic heterocycles. The van der Waals surface area contributed by atoms with Gasteiger partial charge in [-0.1, -0.05) is 6.92 Å². The van der Waals surface area contributed by atoms with Gasteiger partial charge in [-0.25, -0.2) is 4.39 Å². The number of halogens is 2. The molecule has 0 radical (unpaired) electrons. The summed E-state index contributed by atoms with van der Waals surface area (Å²) in [5.74, 6) is -0.278. The Labute approximate surface area is 82.9 Å². The molecule has 0 saturated carbocycles. The summed E-state index contributed by atoms with van der Waals surface area (Å²) in [6.45, 7) is 2.04. The molecule has 13 heavy (non-hydrogen) atoms. The monoisotopic (exact) mass is 201 g/mol. The van der Waals surface area contributed by atoms with Gasteiger partial charge >= 0.3 is 0 Å². The molecule has 0 bridgehead atoms. The second kappa shape index (κ2) is 5.18. The van der Waals surface area contributed by atoms with Gasteiger partial charge in [-0.05, 0) is 30.9 Å². The Hall–Kier alpha value is -0.630. The fourth-order valence-corrected chi connectivity index (χ4v) is 1.23. The van der Waals surface area contributed by atoms with Crippen LogP contribution in [0.25, 0.3) is 0 Å².